The van der Waals surface area contributed by atoms with Crippen LogP contribution in [0.25, 0.3) is 11.3 Å². The van der Waals surface area contributed by atoms with Gasteiger partial charge in [-0.25, -0.2) is 13.1 Å². The van der Waals surface area contributed by atoms with E-state index in [9.17, 15) is 8.42 Å². The second-order valence-electron chi connectivity index (χ2n) is 6.64. The van der Waals surface area contributed by atoms with Gasteiger partial charge in [0.25, 0.3) is 0 Å². The van der Waals surface area contributed by atoms with E-state index in [0.29, 0.717) is 30.1 Å². The molecule has 1 saturated heterocycles. The van der Waals surface area contributed by atoms with Crippen LogP contribution < -0.4 is 0 Å². The van der Waals surface area contributed by atoms with Gasteiger partial charge < -0.3 is 0 Å². The van der Waals surface area contributed by atoms with Crippen LogP contribution in [-0.4, -0.2) is 40.8 Å². The van der Waals surface area contributed by atoms with E-state index < -0.39 is 10.0 Å². The van der Waals surface area contributed by atoms with Gasteiger partial charge >= 0.3 is 0 Å². The number of benzene rings is 2. The number of sulfonamides is 1. The van der Waals surface area contributed by atoms with E-state index in [1.165, 1.54) is 4.31 Å². The zero-order valence-corrected chi connectivity index (χ0v) is 16.1. The summed E-state index contributed by atoms with van der Waals surface area (Å²) in [6.45, 7) is 0.884. The maximum atomic E-state index is 12.8. The number of hydrogen-bond donors (Lipinski definition) is 0. The Morgan fingerprint density at radius 3 is 2.70 bits per heavy atom. The van der Waals surface area contributed by atoms with Crippen LogP contribution in [0.1, 0.15) is 18.0 Å². The molecule has 2 heterocycles. The van der Waals surface area contributed by atoms with Crippen molar-refractivity contribution in [3.8, 4) is 11.3 Å². The highest BCUT2D eigenvalue weighted by Gasteiger charge is 2.33. The van der Waals surface area contributed by atoms with Crippen LogP contribution in [0, 0.1) is 0 Å². The minimum Gasteiger partial charge on any atom is -0.247 e. The molecule has 2 aromatic carbocycles. The minimum atomic E-state index is -3.40. The van der Waals surface area contributed by atoms with Gasteiger partial charge in [0.15, 0.2) is 0 Å². The quantitative estimate of drug-likeness (QED) is 0.656. The highest BCUT2D eigenvalue weighted by atomic mass is 35.5. The lowest BCUT2D eigenvalue weighted by molar-refractivity contribution is 0.428. The third-order valence-electron chi connectivity index (χ3n) is 4.71. The van der Waals surface area contributed by atoms with Gasteiger partial charge in [-0.05, 0) is 24.1 Å². The molecule has 1 aliphatic rings. The first-order valence-electron chi connectivity index (χ1n) is 8.71. The molecule has 0 saturated carbocycles. The molecule has 8 heteroatoms. The lowest BCUT2D eigenvalue weighted by Crippen LogP contribution is -2.30. The molecular weight excluding hydrogens is 384 g/mol. The summed E-state index contributed by atoms with van der Waals surface area (Å²) in [7, 11) is -3.40. The minimum absolute atomic E-state index is 0.0101. The van der Waals surface area contributed by atoms with Gasteiger partial charge in [-0.15, -0.1) is 5.10 Å². The molecule has 0 aliphatic carbocycles. The maximum absolute atomic E-state index is 12.8. The third kappa shape index (κ3) is 4.05. The molecule has 0 spiro atoms. The lowest BCUT2D eigenvalue weighted by Gasteiger charge is -2.16. The Kier molecular flexibility index (Phi) is 4.99. The maximum Gasteiger partial charge on any atom is 0.218 e. The van der Waals surface area contributed by atoms with Gasteiger partial charge in [-0.2, -0.15) is 4.31 Å². The summed E-state index contributed by atoms with van der Waals surface area (Å²) in [6, 6.07) is 16.8. The highest BCUT2D eigenvalue weighted by molar-refractivity contribution is 7.88. The predicted octanol–water partition coefficient (Wildman–Crippen LogP) is 3.38. The molecule has 3 aromatic rings. The van der Waals surface area contributed by atoms with Crippen LogP contribution in [-0.2, 0) is 15.8 Å². The summed E-state index contributed by atoms with van der Waals surface area (Å²) >= 11 is 5.96. The zero-order chi connectivity index (χ0) is 18.9. The lowest BCUT2D eigenvalue weighted by atomic mass is 10.2. The second-order valence-corrected chi connectivity index (χ2v) is 9.04. The molecule has 1 aromatic heterocycles. The summed E-state index contributed by atoms with van der Waals surface area (Å²) < 4.78 is 28.8. The summed E-state index contributed by atoms with van der Waals surface area (Å²) in [4.78, 5) is 0. The number of rotatable bonds is 5. The van der Waals surface area contributed by atoms with Gasteiger partial charge in [0.1, 0.15) is 5.69 Å². The number of nitrogens with zero attached hydrogens (tertiary/aromatic N) is 4. The topological polar surface area (TPSA) is 68.1 Å². The number of hydrogen-bond acceptors (Lipinski definition) is 4. The van der Waals surface area contributed by atoms with Crippen LogP contribution in [0.4, 0.5) is 0 Å². The van der Waals surface area contributed by atoms with Gasteiger partial charge in [0.2, 0.25) is 10.0 Å². The van der Waals surface area contributed by atoms with E-state index in [-0.39, 0.29) is 11.8 Å². The fourth-order valence-electron chi connectivity index (χ4n) is 3.30. The van der Waals surface area contributed by atoms with E-state index in [1.54, 1.807) is 28.9 Å². The van der Waals surface area contributed by atoms with Gasteiger partial charge in [-0.1, -0.05) is 59.3 Å². The molecule has 1 fully saturated rings. The van der Waals surface area contributed by atoms with Gasteiger partial charge in [0, 0.05) is 23.7 Å². The van der Waals surface area contributed by atoms with Gasteiger partial charge in [0.05, 0.1) is 18.0 Å². The van der Waals surface area contributed by atoms with Crippen LogP contribution >= 0.6 is 11.6 Å². The average Bonchev–Trinajstić information content (AvgIpc) is 3.32. The normalized spacial score (nSPS) is 18.0. The molecule has 27 heavy (non-hydrogen) atoms. The molecule has 140 valence electrons. The molecule has 4 rings (SSSR count). The first kappa shape index (κ1) is 18.2. The summed E-state index contributed by atoms with van der Waals surface area (Å²) in [6.07, 6.45) is 2.60. The molecule has 1 aliphatic heterocycles. The average molecular weight is 403 g/mol. The monoisotopic (exact) mass is 402 g/mol. The fraction of sp³-hybridized carbons (Fsp3) is 0.263. The van der Waals surface area contributed by atoms with Crippen molar-refractivity contribution in [2.24, 2.45) is 0 Å². The Morgan fingerprint density at radius 2 is 1.93 bits per heavy atom. The van der Waals surface area contributed by atoms with Crippen molar-refractivity contribution in [3.05, 3.63) is 71.4 Å². The van der Waals surface area contributed by atoms with Crippen LogP contribution in [0.15, 0.2) is 60.8 Å². The molecule has 0 radical (unpaired) electrons. The first-order valence-corrected chi connectivity index (χ1v) is 10.7. The first-order chi connectivity index (χ1) is 13.0. The van der Waals surface area contributed by atoms with Crippen molar-refractivity contribution < 1.29 is 8.42 Å². The van der Waals surface area contributed by atoms with Crippen molar-refractivity contribution in [2.75, 3.05) is 13.1 Å². The number of halogens is 1. The smallest absolute Gasteiger partial charge is 0.218 e. The Labute approximate surface area is 163 Å². The largest absolute Gasteiger partial charge is 0.247 e. The van der Waals surface area contributed by atoms with Crippen molar-refractivity contribution in [3.63, 3.8) is 0 Å². The van der Waals surface area contributed by atoms with Crippen molar-refractivity contribution in [1.82, 2.24) is 19.3 Å². The molecule has 0 amide bonds. The molecule has 0 bridgehead atoms. The van der Waals surface area contributed by atoms with E-state index in [0.717, 1.165) is 11.3 Å². The second kappa shape index (κ2) is 7.42. The van der Waals surface area contributed by atoms with Crippen molar-refractivity contribution in [2.45, 2.75) is 18.2 Å². The Hall–Kier alpha value is -2.22. The van der Waals surface area contributed by atoms with E-state index in [4.69, 9.17) is 11.6 Å². The van der Waals surface area contributed by atoms with Crippen LogP contribution in [0.3, 0.4) is 0 Å². The van der Waals surface area contributed by atoms with Crippen LogP contribution in [0.5, 0.6) is 0 Å². The SMILES string of the molecule is O=S(=O)(Cc1cccc(Cl)c1)N1CC[C@H](n2cc(-c3ccccc3)nn2)C1. The molecule has 0 N–H and O–H groups in total. The van der Waals surface area contributed by atoms with E-state index >= 15 is 0 Å². The Bertz CT molecular complexity index is 1040. The van der Waals surface area contributed by atoms with E-state index in [2.05, 4.69) is 10.3 Å². The fourth-order valence-corrected chi connectivity index (χ4v) is 5.08. The molecule has 0 unspecified atom stereocenters. The highest BCUT2D eigenvalue weighted by Crippen LogP contribution is 2.27. The van der Waals surface area contributed by atoms with Crippen molar-refractivity contribution in [1.29, 1.82) is 0 Å². The predicted molar refractivity (Wildman–Crippen MR) is 105 cm³/mol. The zero-order valence-electron chi connectivity index (χ0n) is 14.6. The molecular formula is C19H19ClN4O2S. The third-order valence-corrected chi connectivity index (χ3v) is 6.76. The summed E-state index contributed by atoms with van der Waals surface area (Å²) in [5.41, 5.74) is 2.47. The summed E-state index contributed by atoms with van der Waals surface area (Å²) in [5.74, 6) is -0.0487. The van der Waals surface area contributed by atoms with Crippen molar-refractivity contribution >= 4 is 21.6 Å². The number of aromatic nitrogens is 3. The Balaban J connectivity index is 1.46. The molecule has 6 nitrogen and oxygen atoms in total. The standard InChI is InChI=1S/C19H19ClN4O2S/c20-17-8-4-5-15(11-17)14-27(25,26)23-10-9-18(12-23)24-13-19(21-22-24)16-6-2-1-3-7-16/h1-8,11,13,18H,9-10,12,14H2/t18-/m0/s1. The van der Waals surface area contributed by atoms with Crippen LogP contribution in [0.2, 0.25) is 5.02 Å². The Morgan fingerprint density at radius 1 is 1.11 bits per heavy atom. The van der Waals surface area contributed by atoms with E-state index in [1.807, 2.05) is 36.5 Å². The molecule has 1 atom stereocenters. The van der Waals surface area contributed by atoms with Gasteiger partial charge in [-0.3, -0.25) is 0 Å². The summed E-state index contributed by atoms with van der Waals surface area (Å²) in [5, 5.41) is 8.98.